The second-order valence-electron chi connectivity index (χ2n) is 4.25. The van der Waals surface area contributed by atoms with E-state index in [0.29, 0.717) is 16.7 Å². The summed E-state index contributed by atoms with van der Waals surface area (Å²) in [7, 11) is 0. The van der Waals surface area contributed by atoms with Crippen molar-refractivity contribution in [2.45, 2.75) is 6.54 Å². The molecule has 2 aromatic heterocycles. The SMILES string of the molecule is O=C(O)c1ccc(Cn2ncc(=O)c3ccccc32)o1. The molecule has 1 N–H and O–H groups in total. The molecule has 100 valence electrons. The number of furan rings is 1. The molecule has 0 saturated carbocycles. The maximum Gasteiger partial charge on any atom is 0.371 e. The number of aromatic nitrogens is 2. The van der Waals surface area contributed by atoms with Gasteiger partial charge in [0, 0.05) is 5.39 Å². The van der Waals surface area contributed by atoms with Gasteiger partial charge >= 0.3 is 5.97 Å². The zero-order chi connectivity index (χ0) is 14.1. The summed E-state index contributed by atoms with van der Waals surface area (Å²) in [6.07, 6.45) is 1.24. The van der Waals surface area contributed by atoms with E-state index in [1.807, 2.05) is 6.07 Å². The van der Waals surface area contributed by atoms with E-state index in [0.717, 1.165) is 0 Å². The van der Waals surface area contributed by atoms with Crippen molar-refractivity contribution < 1.29 is 14.3 Å². The topological polar surface area (TPSA) is 85.3 Å². The third-order valence-electron chi connectivity index (χ3n) is 2.94. The van der Waals surface area contributed by atoms with Crippen LogP contribution < -0.4 is 5.43 Å². The molecule has 0 amide bonds. The van der Waals surface area contributed by atoms with Crippen molar-refractivity contribution in [2.24, 2.45) is 0 Å². The molecule has 0 radical (unpaired) electrons. The molecule has 3 aromatic rings. The van der Waals surface area contributed by atoms with Gasteiger partial charge in [-0.15, -0.1) is 0 Å². The van der Waals surface area contributed by atoms with Crippen molar-refractivity contribution in [3.8, 4) is 0 Å². The largest absolute Gasteiger partial charge is 0.475 e. The minimum Gasteiger partial charge on any atom is -0.475 e. The fourth-order valence-corrected chi connectivity index (χ4v) is 2.01. The number of aromatic carboxylic acids is 1. The lowest BCUT2D eigenvalue weighted by molar-refractivity contribution is 0.0660. The van der Waals surface area contributed by atoms with Crippen LogP contribution in [0.1, 0.15) is 16.3 Å². The Hall–Kier alpha value is -2.89. The van der Waals surface area contributed by atoms with Crippen molar-refractivity contribution in [1.29, 1.82) is 0 Å². The van der Waals surface area contributed by atoms with Crippen LogP contribution in [0.4, 0.5) is 0 Å². The van der Waals surface area contributed by atoms with E-state index in [4.69, 9.17) is 9.52 Å². The van der Waals surface area contributed by atoms with Crippen LogP contribution in [0.15, 0.2) is 51.8 Å². The van der Waals surface area contributed by atoms with Crippen LogP contribution in [-0.2, 0) is 6.54 Å². The van der Waals surface area contributed by atoms with E-state index in [-0.39, 0.29) is 17.7 Å². The lowest BCUT2D eigenvalue weighted by Crippen LogP contribution is -2.12. The number of carboxylic acids is 1. The van der Waals surface area contributed by atoms with Crippen LogP contribution in [0.25, 0.3) is 10.9 Å². The summed E-state index contributed by atoms with van der Waals surface area (Å²) in [5.41, 5.74) is 0.524. The van der Waals surface area contributed by atoms with Crippen molar-refractivity contribution in [2.75, 3.05) is 0 Å². The van der Waals surface area contributed by atoms with Crippen molar-refractivity contribution in [1.82, 2.24) is 9.78 Å². The number of carboxylic acid groups (broad SMARTS) is 1. The van der Waals surface area contributed by atoms with E-state index in [9.17, 15) is 9.59 Å². The molecule has 0 aliphatic carbocycles. The Labute approximate surface area is 112 Å². The Morgan fingerprint density at radius 3 is 2.80 bits per heavy atom. The Bertz CT molecular complexity index is 848. The molecule has 0 bridgehead atoms. The highest BCUT2D eigenvalue weighted by atomic mass is 16.4. The minimum atomic E-state index is -1.12. The summed E-state index contributed by atoms with van der Waals surface area (Å²) >= 11 is 0. The monoisotopic (exact) mass is 270 g/mol. The van der Waals surface area contributed by atoms with Gasteiger partial charge in [-0.2, -0.15) is 5.10 Å². The molecule has 0 spiro atoms. The predicted octanol–water partition coefficient (Wildman–Crippen LogP) is 1.74. The van der Waals surface area contributed by atoms with Crippen molar-refractivity contribution in [3.05, 3.63) is 64.3 Å². The number of hydrogen-bond acceptors (Lipinski definition) is 4. The summed E-state index contributed by atoms with van der Waals surface area (Å²) < 4.78 is 6.79. The smallest absolute Gasteiger partial charge is 0.371 e. The van der Waals surface area contributed by atoms with E-state index in [1.165, 1.54) is 12.3 Å². The number of para-hydroxylation sites is 1. The molecule has 0 saturated heterocycles. The average molecular weight is 270 g/mol. The molecular weight excluding hydrogens is 260 g/mol. The van der Waals surface area contributed by atoms with Crippen LogP contribution in [-0.4, -0.2) is 20.9 Å². The summed E-state index contributed by atoms with van der Waals surface area (Å²) in [5.74, 6) is -0.775. The number of hydrogen-bond donors (Lipinski definition) is 1. The van der Waals surface area contributed by atoms with Gasteiger partial charge in [-0.25, -0.2) is 4.79 Å². The lowest BCUT2D eigenvalue weighted by Gasteiger charge is -2.07. The number of fused-ring (bicyclic) bond motifs is 1. The molecule has 0 fully saturated rings. The van der Waals surface area contributed by atoms with Gasteiger partial charge in [-0.3, -0.25) is 9.48 Å². The summed E-state index contributed by atoms with van der Waals surface area (Å²) in [4.78, 5) is 22.5. The summed E-state index contributed by atoms with van der Waals surface area (Å²) in [6, 6.07) is 10.1. The second kappa shape index (κ2) is 4.65. The van der Waals surface area contributed by atoms with Crippen LogP contribution >= 0.6 is 0 Å². The van der Waals surface area contributed by atoms with Crippen LogP contribution in [0, 0.1) is 0 Å². The molecule has 0 atom stereocenters. The van der Waals surface area contributed by atoms with E-state index in [1.54, 1.807) is 28.9 Å². The number of carbonyl (C=O) groups is 1. The first-order valence-corrected chi connectivity index (χ1v) is 5.92. The Morgan fingerprint density at radius 1 is 1.25 bits per heavy atom. The standard InChI is InChI=1S/C14H10N2O4/c17-12-7-15-16(11-4-2-1-3-10(11)12)8-9-5-6-13(20-9)14(18)19/h1-7H,8H2,(H,18,19). The molecule has 0 aliphatic rings. The van der Waals surface area contributed by atoms with Gasteiger partial charge < -0.3 is 9.52 Å². The first-order valence-electron chi connectivity index (χ1n) is 5.92. The lowest BCUT2D eigenvalue weighted by atomic mass is 10.2. The molecule has 3 rings (SSSR count). The Morgan fingerprint density at radius 2 is 2.05 bits per heavy atom. The fraction of sp³-hybridized carbons (Fsp3) is 0.0714. The zero-order valence-corrected chi connectivity index (χ0v) is 10.3. The highest BCUT2D eigenvalue weighted by Gasteiger charge is 2.10. The normalized spacial score (nSPS) is 10.8. The first kappa shape index (κ1) is 12.2. The number of rotatable bonds is 3. The molecule has 6 nitrogen and oxygen atoms in total. The quantitative estimate of drug-likeness (QED) is 0.783. The minimum absolute atomic E-state index is 0.120. The van der Waals surface area contributed by atoms with Crippen molar-refractivity contribution >= 4 is 16.9 Å². The first-order chi connectivity index (χ1) is 9.65. The van der Waals surface area contributed by atoms with Gasteiger partial charge in [0.15, 0.2) is 0 Å². The van der Waals surface area contributed by atoms with Crippen LogP contribution in [0.2, 0.25) is 0 Å². The molecule has 2 heterocycles. The second-order valence-corrected chi connectivity index (χ2v) is 4.25. The molecule has 20 heavy (non-hydrogen) atoms. The van der Waals surface area contributed by atoms with Gasteiger partial charge in [0.05, 0.1) is 18.3 Å². The average Bonchev–Trinajstić information content (AvgIpc) is 2.91. The predicted molar refractivity (Wildman–Crippen MR) is 70.8 cm³/mol. The van der Waals surface area contributed by atoms with E-state index in [2.05, 4.69) is 5.10 Å². The molecule has 0 aliphatic heterocycles. The third kappa shape index (κ3) is 2.07. The Kier molecular flexibility index (Phi) is 2.83. The van der Waals surface area contributed by atoms with Gasteiger partial charge in [-0.1, -0.05) is 12.1 Å². The van der Waals surface area contributed by atoms with Gasteiger partial charge in [0.1, 0.15) is 5.76 Å². The van der Waals surface area contributed by atoms with Crippen LogP contribution in [0.5, 0.6) is 0 Å². The van der Waals surface area contributed by atoms with Gasteiger partial charge in [0.25, 0.3) is 0 Å². The van der Waals surface area contributed by atoms with Gasteiger partial charge in [-0.05, 0) is 24.3 Å². The zero-order valence-electron chi connectivity index (χ0n) is 10.3. The third-order valence-corrected chi connectivity index (χ3v) is 2.94. The van der Waals surface area contributed by atoms with Crippen LogP contribution in [0.3, 0.4) is 0 Å². The molecule has 6 heteroatoms. The maximum atomic E-state index is 11.7. The Balaban J connectivity index is 2.04. The summed E-state index contributed by atoms with van der Waals surface area (Å²) in [5, 5.41) is 13.4. The fourth-order valence-electron chi connectivity index (χ4n) is 2.01. The van der Waals surface area contributed by atoms with Gasteiger partial charge in [0.2, 0.25) is 11.2 Å². The number of nitrogens with zero attached hydrogens (tertiary/aromatic N) is 2. The molecular formula is C14H10N2O4. The maximum absolute atomic E-state index is 11.7. The number of benzene rings is 1. The molecule has 0 unspecified atom stereocenters. The van der Waals surface area contributed by atoms with E-state index >= 15 is 0 Å². The van der Waals surface area contributed by atoms with E-state index < -0.39 is 5.97 Å². The summed E-state index contributed by atoms with van der Waals surface area (Å²) in [6.45, 7) is 0.258. The van der Waals surface area contributed by atoms with Crippen molar-refractivity contribution in [3.63, 3.8) is 0 Å². The highest BCUT2D eigenvalue weighted by Crippen LogP contribution is 2.13. The highest BCUT2D eigenvalue weighted by molar-refractivity contribution is 5.84. The molecule has 1 aromatic carbocycles.